The highest BCUT2D eigenvalue weighted by atomic mass is 16.2. The number of aryl methyl sites for hydroxylation is 2. The minimum absolute atomic E-state index is 0.156. The van der Waals surface area contributed by atoms with Crippen molar-refractivity contribution in [3.05, 3.63) is 47.3 Å². The summed E-state index contributed by atoms with van der Waals surface area (Å²) >= 11 is 0. The first kappa shape index (κ1) is 13.3. The number of amides is 1. The Morgan fingerprint density at radius 3 is 2.89 bits per heavy atom. The molecule has 2 rings (SSSR count). The maximum atomic E-state index is 12.2. The Bertz CT molecular complexity index is 589. The van der Waals surface area contributed by atoms with Crippen molar-refractivity contribution in [2.45, 2.75) is 26.9 Å². The second-order valence-electron chi connectivity index (χ2n) is 4.35. The van der Waals surface area contributed by atoms with Crippen LogP contribution in [0.15, 0.2) is 30.3 Å². The van der Waals surface area contributed by atoms with Crippen molar-refractivity contribution in [3.63, 3.8) is 0 Å². The molecular formula is C14H18N4O. The molecule has 2 aromatic rings. The number of hydrogen-bond donors (Lipinski definition) is 2. The number of aromatic nitrogens is 2. The molecule has 1 amide bonds. The van der Waals surface area contributed by atoms with Crippen LogP contribution in [0.2, 0.25) is 0 Å². The van der Waals surface area contributed by atoms with Crippen molar-refractivity contribution in [1.29, 1.82) is 0 Å². The van der Waals surface area contributed by atoms with Crippen molar-refractivity contribution in [2.24, 2.45) is 5.73 Å². The van der Waals surface area contributed by atoms with Crippen LogP contribution >= 0.6 is 0 Å². The number of hydrogen-bond acceptors (Lipinski definition) is 3. The van der Waals surface area contributed by atoms with E-state index in [1.54, 1.807) is 10.7 Å². The van der Waals surface area contributed by atoms with Gasteiger partial charge in [0.25, 0.3) is 5.91 Å². The van der Waals surface area contributed by atoms with Gasteiger partial charge in [-0.15, -0.1) is 0 Å². The molecule has 0 saturated carbocycles. The van der Waals surface area contributed by atoms with Gasteiger partial charge in [-0.3, -0.25) is 9.48 Å². The second kappa shape index (κ2) is 5.67. The Morgan fingerprint density at radius 1 is 1.42 bits per heavy atom. The zero-order chi connectivity index (χ0) is 13.8. The molecule has 0 spiro atoms. The van der Waals surface area contributed by atoms with Gasteiger partial charge >= 0.3 is 0 Å². The van der Waals surface area contributed by atoms with Crippen molar-refractivity contribution in [2.75, 3.05) is 5.32 Å². The van der Waals surface area contributed by atoms with Gasteiger partial charge in [0, 0.05) is 18.8 Å². The summed E-state index contributed by atoms with van der Waals surface area (Å²) in [6.45, 7) is 4.95. The molecule has 3 N–H and O–H groups in total. The molecule has 0 saturated heterocycles. The monoisotopic (exact) mass is 258 g/mol. The maximum absolute atomic E-state index is 12.2. The van der Waals surface area contributed by atoms with Gasteiger partial charge in [0.1, 0.15) is 5.69 Å². The number of anilines is 1. The smallest absolute Gasteiger partial charge is 0.273 e. The lowest BCUT2D eigenvalue weighted by Gasteiger charge is -2.07. The molecule has 5 heteroatoms. The first-order valence-electron chi connectivity index (χ1n) is 6.29. The summed E-state index contributed by atoms with van der Waals surface area (Å²) in [6, 6.07) is 9.30. The fourth-order valence-electron chi connectivity index (χ4n) is 1.94. The summed E-state index contributed by atoms with van der Waals surface area (Å²) < 4.78 is 1.69. The molecular weight excluding hydrogens is 240 g/mol. The van der Waals surface area contributed by atoms with Crippen molar-refractivity contribution in [1.82, 2.24) is 9.78 Å². The molecule has 19 heavy (non-hydrogen) atoms. The van der Waals surface area contributed by atoms with Gasteiger partial charge in [0.2, 0.25) is 0 Å². The molecule has 0 aliphatic carbocycles. The third kappa shape index (κ3) is 3.00. The summed E-state index contributed by atoms with van der Waals surface area (Å²) in [4.78, 5) is 12.2. The van der Waals surface area contributed by atoms with Crippen LogP contribution in [0.1, 0.15) is 28.7 Å². The number of nitrogens with one attached hydrogen (secondary N) is 1. The van der Waals surface area contributed by atoms with Crippen LogP contribution < -0.4 is 11.1 Å². The van der Waals surface area contributed by atoms with E-state index in [0.29, 0.717) is 18.8 Å². The Balaban J connectivity index is 2.20. The van der Waals surface area contributed by atoms with E-state index < -0.39 is 0 Å². The number of benzene rings is 1. The van der Waals surface area contributed by atoms with E-state index in [-0.39, 0.29) is 5.91 Å². The van der Waals surface area contributed by atoms with Gasteiger partial charge in [-0.2, -0.15) is 5.10 Å². The fourth-order valence-corrected chi connectivity index (χ4v) is 1.94. The van der Waals surface area contributed by atoms with E-state index in [1.807, 2.05) is 38.1 Å². The van der Waals surface area contributed by atoms with Crippen molar-refractivity contribution in [3.8, 4) is 0 Å². The van der Waals surface area contributed by atoms with E-state index in [1.165, 1.54) is 0 Å². The molecule has 1 aromatic heterocycles. The summed E-state index contributed by atoms with van der Waals surface area (Å²) in [6.07, 6.45) is 0. The Morgan fingerprint density at radius 2 is 2.21 bits per heavy atom. The maximum Gasteiger partial charge on any atom is 0.273 e. The van der Waals surface area contributed by atoms with Crippen molar-refractivity contribution >= 4 is 11.6 Å². The quantitative estimate of drug-likeness (QED) is 0.880. The third-order valence-electron chi connectivity index (χ3n) is 2.85. The minimum atomic E-state index is -0.156. The fraction of sp³-hybridized carbons (Fsp3) is 0.286. The van der Waals surface area contributed by atoms with E-state index in [0.717, 1.165) is 16.9 Å². The topological polar surface area (TPSA) is 72.9 Å². The van der Waals surface area contributed by atoms with Crippen LogP contribution in [0.5, 0.6) is 0 Å². The largest absolute Gasteiger partial charge is 0.326 e. The lowest BCUT2D eigenvalue weighted by atomic mass is 10.2. The van der Waals surface area contributed by atoms with Crippen LogP contribution in [0.4, 0.5) is 5.69 Å². The zero-order valence-electron chi connectivity index (χ0n) is 11.2. The SMILES string of the molecule is CCn1nc(C)cc1C(=O)Nc1cccc(CN)c1. The second-order valence-corrected chi connectivity index (χ2v) is 4.35. The van der Waals surface area contributed by atoms with Gasteiger partial charge in [0.05, 0.1) is 5.69 Å². The van der Waals surface area contributed by atoms with E-state index >= 15 is 0 Å². The van der Waals surface area contributed by atoms with Crippen LogP contribution in [-0.4, -0.2) is 15.7 Å². The summed E-state index contributed by atoms with van der Waals surface area (Å²) in [7, 11) is 0. The molecule has 0 atom stereocenters. The zero-order valence-corrected chi connectivity index (χ0v) is 11.2. The standard InChI is InChI=1S/C14H18N4O/c1-3-18-13(7-10(2)17-18)14(19)16-12-6-4-5-11(8-12)9-15/h4-8H,3,9,15H2,1-2H3,(H,16,19). The summed E-state index contributed by atoms with van der Waals surface area (Å²) in [5, 5.41) is 7.13. The molecule has 0 bridgehead atoms. The predicted molar refractivity (Wildman–Crippen MR) is 74.9 cm³/mol. The highest BCUT2D eigenvalue weighted by Gasteiger charge is 2.13. The average molecular weight is 258 g/mol. The van der Waals surface area contributed by atoms with Crippen LogP contribution in [0, 0.1) is 6.92 Å². The van der Waals surface area contributed by atoms with Crippen LogP contribution in [-0.2, 0) is 13.1 Å². The van der Waals surface area contributed by atoms with Gasteiger partial charge in [0.15, 0.2) is 0 Å². The van der Waals surface area contributed by atoms with Gasteiger partial charge in [-0.25, -0.2) is 0 Å². The Labute approximate surface area is 112 Å². The molecule has 1 heterocycles. The number of nitrogens with two attached hydrogens (primary N) is 1. The van der Waals surface area contributed by atoms with Gasteiger partial charge in [-0.1, -0.05) is 12.1 Å². The van der Waals surface area contributed by atoms with Crippen molar-refractivity contribution < 1.29 is 4.79 Å². The number of carbonyl (C=O) groups is 1. The molecule has 5 nitrogen and oxygen atoms in total. The molecule has 0 unspecified atom stereocenters. The summed E-state index contributed by atoms with van der Waals surface area (Å²) in [5.41, 5.74) is 8.72. The predicted octanol–water partition coefficient (Wildman–Crippen LogP) is 1.92. The normalized spacial score (nSPS) is 10.5. The molecule has 0 fully saturated rings. The van der Waals surface area contributed by atoms with E-state index in [2.05, 4.69) is 10.4 Å². The Hall–Kier alpha value is -2.14. The van der Waals surface area contributed by atoms with Crippen LogP contribution in [0.25, 0.3) is 0 Å². The first-order valence-corrected chi connectivity index (χ1v) is 6.29. The summed E-state index contributed by atoms with van der Waals surface area (Å²) in [5.74, 6) is -0.156. The van der Waals surface area contributed by atoms with Crippen LogP contribution in [0.3, 0.4) is 0 Å². The lowest BCUT2D eigenvalue weighted by Crippen LogP contribution is -2.17. The lowest BCUT2D eigenvalue weighted by molar-refractivity contribution is 0.101. The average Bonchev–Trinajstić information content (AvgIpc) is 2.80. The van der Waals surface area contributed by atoms with E-state index in [9.17, 15) is 4.79 Å². The molecule has 0 aliphatic rings. The van der Waals surface area contributed by atoms with E-state index in [4.69, 9.17) is 5.73 Å². The number of carbonyl (C=O) groups excluding carboxylic acids is 1. The molecule has 0 radical (unpaired) electrons. The minimum Gasteiger partial charge on any atom is -0.326 e. The van der Waals surface area contributed by atoms with Gasteiger partial charge < -0.3 is 11.1 Å². The van der Waals surface area contributed by atoms with Gasteiger partial charge in [-0.05, 0) is 37.6 Å². The molecule has 1 aromatic carbocycles. The highest BCUT2D eigenvalue weighted by Crippen LogP contribution is 2.12. The number of nitrogens with zero attached hydrogens (tertiary/aromatic N) is 2. The molecule has 100 valence electrons. The first-order chi connectivity index (χ1) is 9.13. The number of rotatable bonds is 4. The molecule has 0 aliphatic heterocycles. The Kier molecular flexibility index (Phi) is 3.97. The third-order valence-corrected chi connectivity index (χ3v) is 2.85. The highest BCUT2D eigenvalue weighted by molar-refractivity contribution is 6.03.